The maximum Gasteiger partial charge on any atom is 0.243 e. The van der Waals surface area contributed by atoms with Gasteiger partial charge in [0.05, 0.1) is 35.6 Å². The molecule has 0 aliphatic rings. The van der Waals surface area contributed by atoms with Crippen LogP contribution in [-0.2, 0) is 11.8 Å². The summed E-state index contributed by atoms with van der Waals surface area (Å²) in [6.07, 6.45) is 1.55. The minimum absolute atomic E-state index is 0.0632. The van der Waals surface area contributed by atoms with E-state index in [-0.39, 0.29) is 18.1 Å². The third-order valence-corrected chi connectivity index (χ3v) is 3.98. The van der Waals surface area contributed by atoms with Crippen LogP contribution >= 0.6 is 0 Å². The average Bonchev–Trinajstić information content (AvgIpc) is 3.19. The molecule has 3 rings (SSSR count). The van der Waals surface area contributed by atoms with Gasteiger partial charge in [-0.15, -0.1) is 0 Å². The van der Waals surface area contributed by atoms with E-state index in [4.69, 9.17) is 4.42 Å². The molecule has 0 radical (unpaired) electrons. The first-order valence-electron chi connectivity index (χ1n) is 7.83. The zero-order chi connectivity index (χ0) is 18.0. The Labute approximate surface area is 144 Å². The summed E-state index contributed by atoms with van der Waals surface area (Å²) in [7, 11) is 1.81. The Morgan fingerprint density at radius 2 is 2.12 bits per heavy atom. The molecule has 1 amide bonds. The number of hydrogen-bond acceptors (Lipinski definition) is 4. The molecule has 0 unspecified atom stereocenters. The molecule has 0 saturated heterocycles. The lowest BCUT2D eigenvalue weighted by Crippen LogP contribution is -2.22. The van der Waals surface area contributed by atoms with Crippen molar-refractivity contribution >= 4 is 17.3 Å². The maximum absolute atomic E-state index is 14.0. The number of carbonyl (C=O) groups excluding carboxylic acids is 1. The molecule has 3 aromatic rings. The van der Waals surface area contributed by atoms with E-state index in [9.17, 15) is 9.18 Å². The molecule has 0 bridgehead atoms. The summed E-state index contributed by atoms with van der Waals surface area (Å²) < 4.78 is 21.0. The molecule has 0 fully saturated rings. The lowest BCUT2D eigenvalue weighted by molar-refractivity contribution is -0.114. The van der Waals surface area contributed by atoms with Crippen molar-refractivity contribution in [3.63, 3.8) is 0 Å². The first kappa shape index (κ1) is 16.8. The first-order valence-corrected chi connectivity index (χ1v) is 7.83. The quantitative estimate of drug-likeness (QED) is 0.744. The van der Waals surface area contributed by atoms with Crippen LogP contribution in [0.5, 0.6) is 0 Å². The first-order chi connectivity index (χ1) is 12.0. The monoisotopic (exact) mass is 342 g/mol. The number of hydrogen-bond donors (Lipinski definition) is 2. The van der Waals surface area contributed by atoms with E-state index in [1.165, 1.54) is 6.07 Å². The van der Waals surface area contributed by atoms with Gasteiger partial charge in [0.2, 0.25) is 5.91 Å². The van der Waals surface area contributed by atoms with Gasteiger partial charge in [-0.25, -0.2) is 4.39 Å². The normalized spacial score (nSPS) is 10.7. The molecule has 25 heavy (non-hydrogen) atoms. The number of halogens is 1. The van der Waals surface area contributed by atoms with Crippen molar-refractivity contribution in [1.29, 1.82) is 0 Å². The molecule has 2 aromatic heterocycles. The average molecular weight is 342 g/mol. The van der Waals surface area contributed by atoms with E-state index in [0.29, 0.717) is 11.4 Å². The number of rotatable bonds is 5. The predicted molar refractivity (Wildman–Crippen MR) is 93.9 cm³/mol. The summed E-state index contributed by atoms with van der Waals surface area (Å²) in [6, 6.07) is 8.13. The Hall–Kier alpha value is -3.09. The van der Waals surface area contributed by atoms with Gasteiger partial charge >= 0.3 is 0 Å². The van der Waals surface area contributed by atoms with Crippen LogP contribution in [0, 0.1) is 19.7 Å². The van der Waals surface area contributed by atoms with E-state index in [0.717, 1.165) is 17.0 Å². The topological polar surface area (TPSA) is 72.1 Å². The number of aryl methyl sites for hydroxylation is 2. The van der Waals surface area contributed by atoms with Crippen LogP contribution in [0.3, 0.4) is 0 Å². The minimum Gasteiger partial charge on any atom is -0.464 e. The molecular formula is C18H19FN4O2. The highest BCUT2D eigenvalue weighted by molar-refractivity contribution is 5.94. The molecule has 1 aromatic carbocycles. The largest absolute Gasteiger partial charge is 0.464 e. The maximum atomic E-state index is 14.0. The Balaban J connectivity index is 1.69. The third kappa shape index (κ3) is 3.55. The molecule has 0 aliphatic heterocycles. The number of carbonyl (C=O) groups is 1. The number of benzene rings is 1. The summed E-state index contributed by atoms with van der Waals surface area (Å²) in [4.78, 5) is 12.2. The molecular weight excluding hydrogens is 323 g/mol. The number of aromatic nitrogens is 2. The summed E-state index contributed by atoms with van der Waals surface area (Å²) in [5.74, 6) is -0.0760. The van der Waals surface area contributed by atoms with Gasteiger partial charge in [-0.05, 0) is 44.2 Å². The second-order valence-electron chi connectivity index (χ2n) is 5.74. The second kappa shape index (κ2) is 6.80. The smallest absolute Gasteiger partial charge is 0.243 e. The van der Waals surface area contributed by atoms with E-state index in [2.05, 4.69) is 15.7 Å². The minimum atomic E-state index is -0.433. The highest BCUT2D eigenvalue weighted by atomic mass is 19.1. The van der Waals surface area contributed by atoms with Crippen molar-refractivity contribution in [3.05, 3.63) is 53.8 Å². The standard InChI is InChI=1S/C18H19FN4O2/c1-11-18(12(2)23(3)22-11)21-17(24)10-20-15-9-13(6-7-14(15)19)16-5-4-8-25-16/h4-9,20H,10H2,1-3H3,(H,21,24). The van der Waals surface area contributed by atoms with Crippen LogP contribution in [0.1, 0.15) is 11.4 Å². The lowest BCUT2D eigenvalue weighted by Gasteiger charge is -2.10. The lowest BCUT2D eigenvalue weighted by atomic mass is 10.1. The number of amides is 1. The summed E-state index contributed by atoms with van der Waals surface area (Å²) in [5, 5.41) is 9.88. The fourth-order valence-electron chi connectivity index (χ4n) is 2.57. The Bertz CT molecular complexity index is 900. The van der Waals surface area contributed by atoms with Gasteiger partial charge in [0.25, 0.3) is 0 Å². The van der Waals surface area contributed by atoms with Crippen LogP contribution in [-0.4, -0.2) is 22.2 Å². The van der Waals surface area contributed by atoms with Gasteiger partial charge < -0.3 is 15.1 Å². The fourth-order valence-corrected chi connectivity index (χ4v) is 2.57. The molecule has 130 valence electrons. The van der Waals surface area contributed by atoms with Crippen molar-refractivity contribution in [2.45, 2.75) is 13.8 Å². The molecule has 2 N–H and O–H groups in total. The Morgan fingerprint density at radius 3 is 2.76 bits per heavy atom. The van der Waals surface area contributed by atoms with E-state index in [1.54, 1.807) is 35.2 Å². The summed E-state index contributed by atoms with van der Waals surface area (Å²) >= 11 is 0. The van der Waals surface area contributed by atoms with Crippen molar-refractivity contribution in [2.24, 2.45) is 7.05 Å². The van der Waals surface area contributed by atoms with Gasteiger partial charge in [-0.3, -0.25) is 9.48 Å². The molecule has 0 aliphatic carbocycles. The van der Waals surface area contributed by atoms with Crippen LogP contribution in [0.4, 0.5) is 15.8 Å². The van der Waals surface area contributed by atoms with Crippen molar-refractivity contribution in [3.8, 4) is 11.3 Å². The predicted octanol–water partition coefficient (Wildman–Crippen LogP) is 3.49. The number of nitrogens with one attached hydrogen (secondary N) is 2. The third-order valence-electron chi connectivity index (χ3n) is 3.98. The molecule has 2 heterocycles. The molecule has 0 saturated carbocycles. The van der Waals surface area contributed by atoms with Gasteiger partial charge in [-0.2, -0.15) is 5.10 Å². The van der Waals surface area contributed by atoms with Crippen LogP contribution < -0.4 is 10.6 Å². The fraction of sp³-hybridized carbons (Fsp3) is 0.222. The van der Waals surface area contributed by atoms with Crippen LogP contribution in [0.2, 0.25) is 0 Å². The number of nitrogens with zero attached hydrogens (tertiary/aromatic N) is 2. The van der Waals surface area contributed by atoms with Crippen LogP contribution in [0.15, 0.2) is 41.0 Å². The highest BCUT2D eigenvalue weighted by Crippen LogP contribution is 2.25. The summed E-state index contributed by atoms with van der Waals surface area (Å²) in [5.41, 5.74) is 3.24. The zero-order valence-electron chi connectivity index (χ0n) is 14.3. The second-order valence-corrected chi connectivity index (χ2v) is 5.74. The number of furan rings is 1. The van der Waals surface area contributed by atoms with Gasteiger partial charge in [0.1, 0.15) is 11.6 Å². The molecule has 6 nitrogen and oxygen atoms in total. The van der Waals surface area contributed by atoms with E-state index in [1.807, 2.05) is 20.9 Å². The van der Waals surface area contributed by atoms with Crippen molar-refractivity contribution < 1.29 is 13.6 Å². The Kier molecular flexibility index (Phi) is 4.56. The van der Waals surface area contributed by atoms with Crippen molar-refractivity contribution in [2.75, 3.05) is 17.2 Å². The van der Waals surface area contributed by atoms with Gasteiger partial charge in [-0.1, -0.05) is 0 Å². The van der Waals surface area contributed by atoms with Gasteiger partial charge in [0, 0.05) is 12.6 Å². The zero-order valence-corrected chi connectivity index (χ0v) is 14.3. The van der Waals surface area contributed by atoms with Crippen molar-refractivity contribution in [1.82, 2.24) is 9.78 Å². The van der Waals surface area contributed by atoms with E-state index >= 15 is 0 Å². The molecule has 7 heteroatoms. The Morgan fingerprint density at radius 1 is 1.32 bits per heavy atom. The molecule has 0 atom stereocenters. The molecule has 0 spiro atoms. The SMILES string of the molecule is Cc1nn(C)c(C)c1NC(=O)CNc1cc(-c2ccco2)ccc1F. The number of anilines is 2. The van der Waals surface area contributed by atoms with Crippen LogP contribution in [0.25, 0.3) is 11.3 Å². The highest BCUT2D eigenvalue weighted by Gasteiger charge is 2.13. The van der Waals surface area contributed by atoms with E-state index < -0.39 is 5.82 Å². The summed E-state index contributed by atoms with van der Waals surface area (Å²) in [6.45, 7) is 3.63. The van der Waals surface area contributed by atoms with Gasteiger partial charge in [0.15, 0.2) is 0 Å².